The van der Waals surface area contributed by atoms with Gasteiger partial charge in [-0.15, -0.1) is 0 Å². The normalized spacial score (nSPS) is 10.8. The van der Waals surface area contributed by atoms with Crippen LogP contribution in [0.3, 0.4) is 0 Å². The summed E-state index contributed by atoms with van der Waals surface area (Å²) in [6.45, 7) is 2.24. The van der Waals surface area contributed by atoms with Gasteiger partial charge in [-0.05, 0) is 30.7 Å². The largest absolute Gasteiger partial charge is 0.495 e. The van der Waals surface area contributed by atoms with Crippen LogP contribution in [0.4, 0.5) is 0 Å². The molecule has 2 aromatic carbocycles. The van der Waals surface area contributed by atoms with Crippen LogP contribution in [0, 0.1) is 11.3 Å². The van der Waals surface area contributed by atoms with E-state index in [1.165, 1.54) is 22.6 Å². The molecule has 4 aromatic rings. The number of ether oxygens (including phenoxy) is 1. The van der Waals surface area contributed by atoms with Gasteiger partial charge in [-0.2, -0.15) is 5.26 Å². The number of fused-ring (bicyclic) bond motifs is 1. The maximum absolute atomic E-state index is 13.1. The van der Waals surface area contributed by atoms with Crippen molar-refractivity contribution in [2.75, 3.05) is 7.11 Å². The fourth-order valence-corrected chi connectivity index (χ4v) is 3.56. The third-order valence-corrected chi connectivity index (χ3v) is 5.02. The molecule has 0 amide bonds. The first kappa shape index (κ1) is 19.2. The first-order chi connectivity index (χ1) is 14.6. The molecule has 0 unspecified atom stereocenters. The maximum Gasteiger partial charge on any atom is 0.337 e. The number of hydrogen-bond acceptors (Lipinski definition) is 5. The second kappa shape index (κ2) is 7.72. The molecule has 2 aromatic heterocycles. The Morgan fingerprint density at radius 1 is 1.10 bits per heavy atom. The predicted molar refractivity (Wildman–Crippen MR) is 112 cm³/mol. The highest BCUT2D eigenvalue weighted by molar-refractivity contribution is 5.73. The minimum absolute atomic E-state index is 0.211. The summed E-state index contributed by atoms with van der Waals surface area (Å²) in [6, 6.07) is 16.4. The molecule has 0 saturated carbocycles. The lowest BCUT2D eigenvalue weighted by Gasteiger charge is -2.14. The van der Waals surface area contributed by atoms with Gasteiger partial charge in [-0.3, -0.25) is 9.36 Å². The Hall–Kier alpha value is -4.12. The van der Waals surface area contributed by atoms with Gasteiger partial charge in [0.15, 0.2) is 11.2 Å². The van der Waals surface area contributed by atoms with Crippen molar-refractivity contribution in [3.05, 3.63) is 86.8 Å². The van der Waals surface area contributed by atoms with Crippen LogP contribution in [0.5, 0.6) is 5.75 Å². The van der Waals surface area contributed by atoms with Crippen molar-refractivity contribution in [1.82, 2.24) is 18.7 Å². The average molecular weight is 401 g/mol. The Bertz CT molecular complexity index is 1410. The number of para-hydroxylation sites is 2. The lowest BCUT2D eigenvalue weighted by molar-refractivity contribution is 0.412. The number of nitriles is 1. The number of aromatic nitrogens is 4. The van der Waals surface area contributed by atoms with Crippen LogP contribution in [-0.2, 0) is 13.1 Å². The monoisotopic (exact) mass is 401 g/mol. The molecule has 0 atom stereocenters. The molecule has 0 spiro atoms. The fraction of sp³-hybridized carbons (Fsp3) is 0.182. The molecule has 8 nitrogen and oxygen atoms in total. The van der Waals surface area contributed by atoms with Gasteiger partial charge in [-0.1, -0.05) is 30.3 Å². The summed E-state index contributed by atoms with van der Waals surface area (Å²) in [6.07, 6.45) is 1.52. The van der Waals surface area contributed by atoms with E-state index in [1.807, 2.05) is 12.1 Å². The van der Waals surface area contributed by atoms with Crippen molar-refractivity contribution in [3.8, 4) is 17.5 Å². The molecule has 4 rings (SSSR count). The van der Waals surface area contributed by atoms with E-state index in [-0.39, 0.29) is 24.3 Å². The van der Waals surface area contributed by atoms with E-state index in [0.29, 0.717) is 17.0 Å². The molecule has 0 radical (unpaired) electrons. The standard InChI is InChI=1S/C22H19N5O3/c1-3-26-21(28)19-20(27(22(26)29)17-10-6-7-11-18(17)30-2)24-14-25(19)13-16-9-5-4-8-15(16)12-23/h4-11,14H,3,13H2,1-2H3. The van der Waals surface area contributed by atoms with Crippen molar-refractivity contribution in [3.63, 3.8) is 0 Å². The van der Waals surface area contributed by atoms with Gasteiger partial charge in [-0.25, -0.2) is 14.3 Å². The van der Waals surface area contributed by atoms with Crippen molar-refractivity contribution >= 4 is 11.2 Å². The van der Waals surface area contributed by atoms with E-state index < -0.39 is 11.2 Å². The summed E-state index contributed by atoms with van der Waals surface area (Å²) in [7, 11) is 1.52. The quantitative estimate of drug-likeness (QED) is 0.511. The Morgan fingerprint density at radius 2 is 1.83 bits per heavy atom. The summed E-state index contributed by atoms with van der Waals surface area (Å²) >= 11 is 0. The Kier molecular flexibility index (Phi) is 4.94. The molecule has 30 heavy (non-hydrogen) atoms. The first-order valence-corrected chi connectivity index (χ1v) is 9.42. The molecule has 8 heteroatoms. The van der Waals surface area contributed by atoms with Gasteiger partial charge >= 0.3 is 5.69 Å². The number of imidazole rings is 1. The van der Waals surface area contributed by atoms with Crippen molar-refractivity contribution in [2.24, 2.45) is 0 Å². The first-order valence-electron chi connectivity index (χ1n) is 9.42. The number of nitrogens with zero attached hydrogens (tertiary/aromatic N) is 5. The molecule has 0 saturated heterocycles. The van der Waals surface area contributed by atoms with E-state index in [9.17, 15) is 14.9 Å². The van der Waals surface area contributed by atoms with E-state index in [1.54, 1.807) is 47.9 Å². The van der Waals surface area contributed by atoms with Crippen LogP contribution in [0.15, 0.2) is 64.4 Å². The van der Waals surface area contributed by atoms with Gasteiger partial charge in [0.2, 0.25) is 0 Å². The number of benzene rings is 2. The summed E-state index contributed by atoms with van der Waals surface area (Å²) < 4.78 is 9.66. The maximum atomic E-state index is 13.1. The molecule has 0 aliphatic carbocycles. The Balaban J connectivity index is 2.03. The predicted octanol–water partition coefficient (Wildman–Crippen LogP) is 2.30. The summed E-state index contributed by atoms with van der Waals surface area (Å²) in [5, 5.41) is 9.38. The fourth-order valence-electron chi connectivity index (χ4n) is 3.56. The van der Waals surface area contributed by atoms with Gasteiger partial charge in [0.1, 0.15) is 5.75 Å². The van der Waals surface area contributed by atoms with Gasteiger partial charge < -0.3 is 9.30 Å². The molecule has 0 aliphatic heterocycles. The van der Waals surface area contributed by atoms with Crippen LogP contribution in [-0.4, -0.2) is 25.8 Å². The molecule has 0 N–H and O–H groups in total. The minimum Gasteiger partial charge on any atom is -0.495 e. The van der Waals surface area contributed by atoms with E-state index in [4.69, 9.17) is 4.74 Å². The average Bonchev–Trinajstić information content (AvgIpc) is 3.18. The van der Waals surface area contributed by atoms with Crippen molar-refractivity contribution < 1.29 is 4.74 Å². The van der Waals surface area contributed by atoms with E-state index >= 15 is 0 Å². The van der Waals surface area contributed by atoms with Crippen LogP contribution in [0.25, 0.3) is 16.9 Å². The molecular weight excluding hydrogens is 382 g/mol. The Labute approximate surface area is 171 Å². The van der Waals surface area contributed by atoms with Gasteiger partial charge in [0.05, 0.1) is 37.3 Å². The van der Waals surface area contributed by atoms with Crippen LogP contribution in [0.2, 0.25) is 0 Å². The van der Waals surface area contributed by atoms with Crippen molar-refractivity contribution in [1.29, 1.82) is 5.26 Å². The summed E-state index contributed by atoms with van der Waals surface area (Å²) in [4.78, 5) is 30.7. The van der Waals surface area contributed by atoms with Crippen LogP contribution < -0.4 is 16.0 Å². The summed E-state index contributed by atoms with van der Waals surface area (Å²) in [5.41, 5.74) is 1.41. The minimum atomic E-state index is -0.484. The van der Waals surface area contributed by atoms with Crippen molar-refractivity contribution in [2.45, 2.75) is 20.0 Å². The topological polar surface area (TPSA) is 94.8 Å². The molecular formula is C22H19N5O3. The van der Waals surface area contributed by atoms with E-state index in [0.717, 1.165) is 5.56 Å². The number of rotatable bonds is 5. The number of methoxy groups -OCH3 is 1. The lowest BCUT2D eigenvalue weighted by Crippen LogP contribution is -2.39. The Morgan fingerprint density at radius 3 is 2.57 bits per heavy atom. The lowest BCUT2D eigenvalue weighted by atomic mass is 10.1. The SMILES string of the molecule is CCn1c(=O)c2c(ncn2Cc2ccccc2C#N)n(-c2ccccc2OC)c1=O. The molecule has 2 heterocycles. The molecule has 0 fully saturated rings. The smallest absolute Gasteiger partial charge is 0.337 e. The van der Waals surface area contributed by atoms with E-state index in [2.05, 4.69) is 11.1 Å². The molecule has 150 valence electrons. The number of hydrogen-bond donors (Lipinski definition) is 0. The highest BCUT2D eigenvalue weighted by Crippen LogP contribution is 2.23. The highest BCUT2D eigenvalue weighted by atomic mass is 16.5. The third-order valence-electron chi connectivity index (χ3n) is 5.02. The van der Waals surface area contributed by atoms with Crippen LogP contribution >= 0.6 is 0 Å². The second-order valence-corrected chi connectivity index (χ2v) is 6.65. The zero-order chi connectivity index (χ0) is 21.3. The second-order valence-electron chi connectivity index (χ2n) is 6.65. The third kappa shape index (κ3) is 2.97. The molecule has 0 bridgehead atoms. The highest BCUT2D eigenvalue weighted by Gasteiger charge is 2.20. The summed E-state index contributed by atoms with van der Waals surface area (Å²) in [5.74, 6) is 0.492. The van der Waals surface area contributed by atoms with Gasteiger partial charge in [0.25, 0.3) is 5.56 Å². The zero-order valence-corrected chi connectivity index (χ0v) is 16.6. The molecule has 0 aliphatic rings. The van der Waals surface area contributed by atoms with Gasteiger partial charge in [0, 0.05) is 6.54 Å². The zero-order valence-electron chi connectivity index (χ0n) is 16.6. The van der Waals surface area contributed by atoms with Crippen LogP contribution in [0.1, 0.15) is 18.1 Å².